The topological polar surface area (TPSA) is 101 Å². The molecule has 0 bridgehead atoms. The summed E-state index contributed by atoms with van der Waals surface area (Å²) in [5, 5.41) is 17.2. The Labute approximate surface area is 232 Å². The first kappa shape index (κ1) is 25.5. The van der Waals surface area contributed by atoms with Gasteiger partial charge in [-0.2, -0.15) is 0 Å². The first-order valence-electron chi connectivity index (χ1n) is 11.3. The van der Waals surface area contributed by atoms with Gasteiger partial charge in [0.1, 0.15) is 22.8 Å². The van der Waals surface area contributed by atoms with Gasteiger partial charge in [0.15, 0.2) is 10.7 Å². The number of hydrogen-bond donors (Lipinski definition) is 3. The Morgan fingerprint density at radius 2 is 1.87 bits per heavy atom. The third kappa shape index (κ3) is 5.73. The van der Waals surface area contributed by atoms with E-state index in [-0.39, 0.29) is 16.8 Å². The summed E-state index contributed by atoms with van der Waals surface area (Å²) >= 11 is 17.4. The normalized spacial score (nSPS) is 11.2. The van der Waals surface area contributed by atoms with Crippen LogP contribution in [0.5, 0.6) is 5.75 Å². The van der Waals surface area contributed by atoms with Crippen molar-refractivity contribution in [3.8, 4) is 28.5 Å². The number of phenolic OH excluding ortho intramolecular Hbond substituents is 1. The number of amides is 1. The number of aromatic hydroxyl groups is 1. The lowest BCUT2D eigenvalue weighted by Crippen LogP contribution is -2.32. The molecule has 5 rings (SSSR count). The highest BCUT2D eigenvalue weighted by molar-refractivity contribution is 7.80. The van der Waals surface area contributed by atoms with E-state index < -0.39 is 5.91 Å². The van der Waals surface area contributed by atoms with E-state index in [0.29, 0.717) is 43.9 Å². The summed E-state index contributed by atoms with van der Waals surface area (Å²) in [4.78, 5) is 16.7. The number of oxazole rings is 1. The minimum atomic E-state index is -0.454. The molecule has 190 valence electrons. The second-order valence-corrected chi connectivity index (χ2v) is 9.56. The molecule has 0 saturated heterocycles. The number of benzene rings is 3. The van der Waals surface area contributed by atoms with Crippen LogP contribution >= 0.6 is 35.4 Å². The molecule has 0 unspecified atom stereocenters. The number of nitrogens with zero attached hydrogens (tertiary/aromatic N) is 1. The smallest absolute Gasteiger partial charge is 0.250 e. The maximum atomic E-state index is 12.3. The van der Waals surface area contributed by atoms with Gasteiger partial charge in [-0.15, -0.1) is 0 Å². The predicted molar refractivity (Wildman–Crippen MR) is 153 cm³/mol. The number of rotatable bonds is 5. The number of phenols is 1. The highest BCUT2D eigenvalue weighted by Crippen LogP contribution is 2.33. The average molecular weight is 564 g/mol. The van der Waals surface area contributed by atoms with Gasteiger partial charge in [0.25, 0.3) is 0 Å². The van der Waals surface area contributed by atoms with Gasteiger partial charge in [-0.3, -0.25) is 10.1 Å². The van der Waals surface area contributed by atoms with E-state index in [1.807, 2.05) is 25.1 Å². The number of thiocarbonyl (C=S) groups is 1. The molecule has 1 amide bonds. The Morgan fingerprint density at radius 1 is 1.03 bits per heavy atom. The second kappa shape index (κ2) is 10.7. The molecule has 2 heterocycles. The summed E-state index contributed by atoms with van der Waals surface area (Å²) in [6.07, 6.45) is 2.84. The highest BCUT2D eigenvalue weighted by atomic mass is 35.5. The molecule has 7 nitrogen and oxygen atoms in total. The minimum absolute atomic E-state index is 0.0535. The number of carbonyl (C=O) groups excluding carboxylic acids is 1. The number of carbonyl (C=O) groups is 1. The molecule has 3 aromatic carbocycles. The molecule has 5 aromatic rings. The molecule has 10 heteroatoms. The fourth-order valence-corrected chi connectivity index (χ4v) is 4.19. The lowest BCUT2D eigenvalue weighted by atomic mass is 10.1. The van der Waals surface area contributed by atoms with Gasteiger partial charge < -0.3 is 19.3 Å². The van der Waals surface area contributed by atoms with Gasteiger partial charge in [-0.1, -0.05) is 35.3 Å². The number of nitrogens with one attached hydrogen (secondary N) is 2. The fraction of sp³-hybridized carbons (Fsp3) is 0.0357. The lowest BCUT2D eigenvalue weighted by molar-refractivity contribution is -0.115. The number of furan rings is 1. The number of halogens is 2. The molecule has 0 aliphatic rings. The Bertz CT molecular complexity index is 1720. The molecule has 0 atom stereocenters. The van der Waals surface area contributed by atoms with Crippen LogP contribution in [0.15, 0.2) is 81.6 Å². The largest absolute Gasteiger partial charge is 0.507 e. The summed E-state index contributed by atoms with van der Waals surface area (Å²) in [6, 6.07) is 19.0. The van der Waals surface area contributed by atoms with Crippen molar-refractivity contribution in [2.24, 2.45) is 0 Å². The van der Waals surface area contributed by atoms with E-state index in [4.69, 9.17) is 44.3 Å². The lowest BCUT2D eigenvalue weighted by Gasteiger charge is -2.09. The Kier molecular flexibility index (Phi) is 7.20. The molecule has 2 aromatic heterocycles. The zero-order chi connectivity index (χ0) is 26.8. The SMILES string of the molecule is Cc1ccc(-c2ccc(/C=C/C(=O)NC(=S)Nc3ccc(-c4nc5cc(Cl)ccc5o4)c(O)c3)o2)cc1Cl. The maximum absolute atomic E-state index is 12.3. The van der Waals surface area contributed by atoms with Crippen molar-refractivity contribution in [2.45, 2.75) is 6.92 Å². The van der Waals surface area contributed by atoms with Crippen LogP contribution in [0.25, 0.3) is 40.0 Å². The molecule has 0 spiro atoms. The van der Waals surface area contributed by atoms with E-state index in [1.165, 1.54) is 18.2 Å². The Hall–Kier alpha value is -4.11. The summed E-state index contributed by atoms with van der Waals surface area (Å²) in [6.45, 7) is 1.93. The van der Waals surface area contributed by atoms with Gasteiger partial charge in [0.2, 0.25) is 11.8 Å². The highest BCUT2D eigenvalue weighted by Gasteiger charge is 2.14. The first-order valence-corrected chi connectivity index (χ1v) is 12.5. The summed E-state index contributed by atoms with van der Waals surface area (Å²) < 4.78 is 11.5. The van der Waals surface area contributed by atoms with Crippen LogP contribution in [0.3, 0.4) is 0 Å². The van der Waals surface area contributed by atoms with E-state index in [1.54, 1.807) is 42.5 Å². The molecule has 0 saturated carbocycles. The van der Waals surface area contributed by atoms with Gasteiger partial charge >= 0.3 is 0 Å². The number of aryl methyl sites for hydroxylation is 1. The average Bonchev–Trinajstić information content (AvgIpc) is 3.51. The number of fused-ring (bicyclic) bond motifs is 1. The molecular formula is C28H19Cl2N3O4S. The molecule has 38 heavy (non-hydrogen) atoms. The third-order valence-corrected chi connectivity index (χ3v) is 6.40. The van der Waals surface area contributed by atoms with E-state index in [2.05, 4.69) is 15.6 Å². The summed E-state index contributed by atoms with van der Waals surface area (Å²) in [5.74, 6) is 0.843. The van der Waals surface area contributed by atoms with Gasteiger partial charge in [0.05, 0.1) is 5.56 Å². The van der Waals surface area contributed by atoms with Crippen molar-refractivity contribution in [2.75, 3.05) is 5.32 Å². The van der Waals surface area contributed by atoms with Crippen LogP contribution < -0.4 is 10.6 Å². The van der Waals surface area contributed by atoms with E-state index >= 15 is 0 Å². The van der Waals surface area contributed by atoms with Gasteiger partial charge in [-0.25, -0.2) is 4.98 Å². The standard InChI is InChI=1S/C28H19Cl2N3O4S/c1-15-2-3-16(12-21(15)30)24-10-6-19(36-24)7-11-26(35)33-28(38)31-18-5-8-20(23(34)14-18)27-32-22-13-17(29)4-9-25(22)37-27/h2-14,34H,1H3,(H2,31,33,35,38)/b11-7+. The van der Waals surface area contributed by atoms with E-state index in [0.717, 1.165) is 11.1 Å². The zero-order valence-corrected chi connectivity index (χ0v) is 22.1. The Morgan fingerprint density at radius 3 is 2.66 bits per heavy atom. The van der Waals surface area contributed by atoms with Crippen molar-refractivity contribution in [1.29, 1.82) is 0 Å². The Balaban J connectivity index is 1.19. The van der Waals surface area contributed by atoms with Gasteiger partial charge in [-0.05, 0) is 79.3 Å². The number of hydrogen-bond acceptors (Lipinski definition) is 6. The molecule has 0 aliphatic heterocycles. The number of anilines is 1. The van der Waals surface area contributed by atoms with Crippen LogP contribution in [0.4, 0.5) is 5.69 Å². The number of aromatic nitrogens is 1. The van der Waals surface area contributed by atoms with Crippen molar-refractivity contribution in [3.05, 3.63) is 94.2 Å². The van der Waals surface area contributed by atoms with Crippen molar-refractivity contribution in [3.63, 3.8) is 0 Å². The predicted octanol–water partition coefficient (Wildman–Crippen LogP) is 7.60. The molecule has 0 fully saturated rings. The molecule has 0 aliphatic carbocycles. The quantitative estimate of drug-likeness (QED) is 0.149. The third-order valence-electron chi connectivity index (χ3n) is 5.55. The maximum Gasteiger partial charge on any atom is 0.250 e. The van der Waals surface area contributed by atoms with Crippen LogP contribution in [0.1, 0.15) is 11.3 Å². The monoisotopic (exact) mass is 563 g/mol. The minimum Gasteiger partial charge on any atom is -0.507 e. The zero-order valence-electron chi connectivity index (χ0n) is 19.8. The van der Waals surface area contributed by atoms with E-state index in [9.17, 15) is 9.90 Å². The summed E-state index contributed by atoms with van der Waals surface area (Å²) in [7, 11) is 0. The van der Waals surface area contributed by atoms with Crippen molar-refractivity contribution in [1.82, 2.24) is 10.3 Å². The molecule has 0 radical (unpaired) electrons. The molecule has 3 N–H and O–H groups in total. The van der Waals surface area contributed by atoms with Gasteiger partial charge in [0, 0.05) is 33.4 Å². The molecular weight excluding hydrogens is 545 g/mol. The fourth-order valence-electron chi connectivity index (χ4n) is 3.62. The van der Waals surface area contributed by atoms with Crippen molar-refractivity contribution >= 4 is 69.3 Å². The van der Waals surface area contributed by atoms with Crippen LogP contribution in [-0.2, 0) is 4.79 Å². The van der Waals surface area contributed by atoms with Crippen LogP contribution in [-0.4, -0.2) is 21.1 Å². The second-order valence-electron chi connectivity index (χ2n) is 8.31. The van der Waals surface area contributed by atoms with Crippen LogP contribution in [0.2, 0.25) is 10.0 Å². The van der Waals surface area contributed by atoms with Crippen LogP contribution in [0, 0.1) is 6.92 Å². The summed E-state index contributed by atoms with van der Waals surface area (Å²) in [5.41, 5.74) is 3.80. The first-order chi connectivity index (χ1) is 18.2. The van der Waals surface area contributed by atoms with Crippen molar-refractivity contribution < 1.29 is 18.7 Å².